The van der Waals surface area contributed by atoms with Gasteiger partial charge in [-0.05, 0) is 26.3 Å². The minimum atomic E-state index is -0.615. The van der Waals surface area contributed by atoms with Crippen molar-refractivity contribution in [3.8, 4) is 0 Å². The van der Waals surface area contributed by atoms with Gasteiger partial charge in [0.1, 0.15) is 11.4 Å². The number of carbonyl (C=O) groups is 1. The van der Waals surface area contributed by atoms with Crippen LogP contribution >= 0.6 is 0 Å². The van der Waals surface area contributed by atoms with Crippen LogP contribution in [0.25, 0.3) is 0 Å². The van der Waals surface area contributed by atoms with Crippen molar-refractivity contribution in [3.05, 3.63) is 35.9 Å². The molecule has 0 aromatic heterocycles. The van der Waals surface area contributed by atoms with Gasteiger partial charge in [0.05, 0.1) is 19.2 Å². The summed E-state index contributed by atoms with van der Waals surface area (Å²) in [6, 6.07) is 9.44. The Bertz CT molecular complexity index is 552. The van der Waals surface area contributed by atoms with E-state index in [1.807, 2.05) is 51.1 Å². The molecule has 2 N–H and O–H groups in total. The molecule has 0 fully saturated rings. The Labute approximate surface area is 137 Å². The Morgan fingerprint density at radius 2 is 2.09 bits per heavy atom. The molecule has 0 radical (unpaired) electrons. The lowest BCUT2D eigenvalue weighted by molar-refractivity contribution is 0.0276. The fourth-order valence-corrected chi connectivity index (χ4v) is 2.22. The number of amidine groups is 1. The molecule has 1 atom stereocenters. The normalized spacial score (nSPS) is 16.5. The molecule has 1 aromatic carbocycles. The Balaban J connectivity index is 1.84. The fraction of sp³-hybridized carbons (Fsp3) is 0.529. The monoisotopic (exact) mass is 319 g/mol. The van der Waals surface area contributed by atoms with Gasteiger partial charge in [0.25, 0.3) is 0 Å². The molecule has 1 aromatic rings. The number of nitrogens with zero attached hydrogens (tertiary/aromatic N) is 2. The van der Waals surface area contributed by atoms with Gasteiger partial charge in [-0.15, -0.1) is 0 Å². The third-order valence-electron chi connectivity index (χ3n) is 3.35. The van der Waals surface area contributed by atoms with Gasteiger partial charge in [0.15, 0.2) is 0 Å². The van der Waals surface area contributed by atoms with Gasteiger partial charge in [-0.3, -0.25) is 9.89 Å². The van der Waals surface area contributed by atoms with Crippen molar-refractivity contribution in [1.29, 1.82) is 0 Å². The Morgan fingerprint density at radius 3 is 2.74 bits per heavy atom. The van der Waals surface area contributed by atoms with Crippen LogP contribution in [0.3, 0.4) is 0 Å². The predicted octanol–water partition coefficient (Wildman–Crippen LogP) is 1.96. The number of carbonyl (C=O) groups excluding carboxylic acids is 1. The first-order valence-electron chi connectivity index (χ1n) is 7.83. The molecule has 0 spiro atoms. The summed E-state index contributed by atoms with van der Waals surface area (Å²) in [4.78, 5) is 18.1. The van der Waals surface area contributed by atoms with Crippen molar-refractivity contribution >= 4 is 11.9 Å². The smallest absolute Gasteiger partial charge is 0.410 e. The van der Waals surface area contributed by atoms with Crippen LogP contribution in [0.15, 0.2) is 35.3 Å². The van der Waals surface area contributed by atoms with Crippen LogP contribution in [0.5, 0.6) is 0 Å². The minimum Gasteiger partial charge on any atom is -0.444 e. The molecule has 1 unspecified atom stereocenters. The van der Waals surface area contributed by atoms with Gasteiger partial charge in [0.2, 0.25) is 0 Å². The van der Waals surface area contributed by atoms with E-state index in [0.717, 1.165) is 5.56 Å². The number of hydrogen-bond donors (Lipinski definition) is 2. The second-order valence-electron chi connectivity index (χ2n) is 6.54. The molecular weight excluding hydrogens is 294 g/mol. The predicted molar refractivity (Wildman–Crippen MR) is 89.5 cm³/mol. The van der Waals surface area contributed by atoms with E-state index in [9.17, 15) is 9.90 Å². The molecule has 1 aliphatic heterocycles. The third-order valence-corrected chi connectivity index (χ3v) is 3.35. The van der Waals surface area contributed by atoms with E-state index >= 15 is 0 Å². The van der Waals surface area contributed by atoms with Crippen molar-refractivity contribution in [2.24, 2.45) is 4.99 Å². The second-order valence-corrected chi connectivity index (χ2v) is 6.54. The molecule has 1 amide bonds. The number of rotatable bonds is 3. The largest absolute Gasteiger partial charge is 0.444 e. The lowest BCUT2D eigenvalue weighted by atomic mass is 10.1. The number of hydrogen-bond acceptors (Lipinski definition) is 5. The standard InChI is InChI=1S/C17H25N3O3/c1-17(2,3)23-16(22)20-10-9-18-15(12-20)19-11-14(21)13-7-5-4-6-8-13/h4-8,14,21H,9-12H2,1-3H3,(H,18,19). The number of aliphatic hydroxyl groups excluding tert-OH is 1. The number of aliphatic imine (C=N–C) groups is 1. The van der Waals surface area contributed by atoms with Crippen LogP contribution in [0.4, 0.5) is 4.79 Å². The van der Waals surface area contributed by atoms with E-state index in [-0.39, 0.29) is 6.09 Å². The first-order chi connectivity index (χ1) is 10.8. The number of ether oxygens (including phenoxy) is 1. The average molecular weight is 319 g/mol. The SMILES string of the molecule is CC(C)(C)OC(=O)N1CCN=C(NCC(O)c2ccccc2)C1. The molecule has 126 valence electrons. The molecule has 1 heterocycles. The molecule has 1 aliphatic rings. The molecule has 0 aliphatic carbocycles. The van der Waals surface area contributed by atoms with Crippen molar-refractivity contribution in [1.82, 2.24) is 10.2 Å². The average Bonchev–Trinajstić information content (AvgIpc) is 2.52. The lowest BCUT2D eigenvalue weighted by Crippen LogP contribution is -2.47. The van der Waals surface area contributed by atoms with Crippen LogP contribution in [0.1, 0.15) is 32.4 Å². The highest BCUT2D eigenvalue weighted by Crippen LogP contribution is 2.12. The van der Waals surface area contributed by atoms with Gasteiger partial charge in [-0.2, -0.15) is 0 Å². The maximum absolute atomic E-state index is 12.1. The molecule has 0 bridgehead atoms. The highest BCUT2D eigenvalue weighted by Gasteiger charge is 2.25. The quantitative estimate of drug-likeness (QED) is 0.893. The second kappa shape index (κ2) is 7.46. The summed E-state index contributed by atoms with van der Waals surface area (Å²) in [5.41, 5.74) is 0.336. The van der Waals surface area contributed by atoms with E-state index in [1.54, 1.807) is 4.90 Å². The summed E-state index contributed by atoms with van der Waals surface area (Å²) in [5, 5.41) is 13.3. The first kappa shape index (κ1) is 17.3. The summed E-state index contributed by atoms with van der Waals surface area (Å²) < 4.78 is 5.38. The third kappa shape index (κ3) is 5.56. The molecule has 0 saturated heterocycles. The summed E-state index contributed by atoms with van der Waals surface area (Å²) in [7, 11) is 0. The summed E-state index contributed by atoms with van der Waals surface area (Å²) in [5.74, 6) is 0.692. The summed E-state index contributed by atoms with van der Waals surface area (Å²) >= 11 is 0. The molecule has 6 nitrogen and oxygen atoms in total. The lowest BCUT2D eigenvalue weighted by Gasteiger charge is -2.30. The van der Waals surface area contributed by atoms with Crippen LogP contribution in [0, 0.1) is 0 Å². The number of aliphatic hydroxyl groups is 1. The van der Waals surface area contributed by atoms with Crippen molar-refractivity contribution in [2.45, 2.75) is 32.5 Å². The maximum Gasteiger partial charge on any atom is 0.410 e. The highest BCUT2D eigenvalue weighted by atomic mass is 16.6. The zero-order chi connectivity index (χ0) is 16.9. The Kier molecular flexibility index (Phi) is 5.60. The summed E-state index contributed by atoms with van der Waals surface area (Å²) in [6.45, 7) is 7.33. The number of benzene rings is 1. The van der Waals surface area contributed by atoms with Crippen molar-refractivity contribution < 1.29 is 14.6 Å². The minimum absolute atomic E-state index is 0.338. The number of nitrogens with one attached hydrogen (secondary N) is 1. The zero-order valence-corrected chi connectivity index (χ0v) is 14.0. The van der Waals surface area contributed by atoms with Crippen LogP contribution in [-0.2, 0) is 4.74 Å². The van der Waals surface area contributed by atoms with Crippen LogP contribution < -0.4 is 5.32 Å². The van der Waals surface area contributed by atoms with Crippen molar-refractivity contribution in [2.75, 3.05) is 26.2 Å². The van der Waals surface area contributed by atoms with E-state index in [4.69, 9.17) is 4.74 Å². The van der Waals surface area contributed by atoms with E-state index in [1.165, 1.54) is 0 Å². The van der Waals surface area contributed by atoms with Gasteiger partial charge < -0.3 is 15.2 Å². The van der Waals surface area contributed by atoms with Gasteiger partial charge >= 0.3 is 6.09 Å². The van der Waals surface area contributed by atoms with E-state index < -0.39 is 11.7 Å². The zero-order valence-electron chi connectivity index (χ0n) is 14.0. The molecule has 6 heteroatoms. The van der Waals surface area contributed by atoms with Gasteiger partial charge in [-0.25, -0.2) is 4.79 Å². The molecule has 2 rings (SSSR count). The van der Waals surface area contributed by atoms with Crippen LogP contribution in [-0.4, -0.2) is 53.7 Å². The highest BCUT2D eigenvalue weighted by molar-refractivity contribution is 5.87. The van der Waals surface area contributed by atoms with Crippen LogP contribution in [0.2, 0.25) is 0 Å². The van der Waals surface area contributed by atoms with E-state index in [0.29, 0.717) is 32.0 Å². The van der Waals surface area contributed by atoms with Gasteiger partial charge in [0, 0.05) is 13.1 Å². The fourth-order valence-electron chi connectivity index (χ4n) is 2.22. The molecule has 0 saturated carbocycles. The maximum atomic E-state index is 12.1. The van der Waals surface area contributed by atoms with E-state index in [2.05, 4.69) is 10.3 Å². The molecule has 23 heavy (non-hydrogen) atoms. The van der Waals surface area contributed by atoms with Crippen molar-refractivity contribution in [3.63, 3.8) is 0 Å². The molecular formula is C17H25N3O3. The van der Waals surface area contributed by atoms with Gasteiger partial charge in [-0.1, -0.05) is 30.3 Å². The Morgan fingerprint density at radius 1 is 1.39 bits per heavy atom. The topological polar surface area (TPSA) is 74.2 Å². The summed E-state index contributed by atoms with van der Waals surface area (Å²) in [6.07, 6.45) is -0.953. The number of amides is 1. The first-order valence-corrected chi connectivity index (χ1v) is 7.83. The Hall–Kier alpha value is -2.08.